The van der Waals surface area contributed by atoms with Crippen molar-refractivity contribution in [1.82, 2.24) is 25.6 Å². The minimum absolute atomic E-state index is 0.00925. The van der Waals surface area contributed by atoms with Crippen LogP contribution in [-0.4, -0.2) is 54.2 Å². The van der Waals surface area contributed by atoms with Crippen LogP contribution in [0, 0.1) is 5.41 Å². The Hall–Kier alpha value is -1.90. The molecule has 1 aliphatic rings. The lowest BCUT2D eigenvalue weighted by atomic mass is 9.79. The maximum absolute atomic E-state index is 12.3. The smallest absolute Gasteiger partial charge is 0.226 e. The predicted octanol–water partition coefficient (Wildman–Crippen LogP) is 1.27. The van der Waals surface area contributed by atoms with Gasteiger partial charge in [-0.1, -0.05) is 0 Å². The highest BCUT2D eigenvalue weighted by molar-refractivity contribution is 7.13. The van der Waals surface area contributed by atoms with E-state index >= 15 is 0 Å². The molecule has 1 saturated heterocycles. The summed E-state index contributed by atoms with van der Waals surface area (Å²) in [4.78, 5) is 25.1. The summed E-state index contributed by atoms with van der Waals surface area (Å²) in [7, 11) is 1.72. The number of thiazole rings is 1. The predicted molar refractivity (Wildman–Crippen MR) is 96.3 cm³/mol. The van der Waals surface area contributed by atoms with Crippen LogP contribution in [0.4, 0.5) is 0 Å². The standard InChI is InChI=1S/C17H23N5O2S/c1-24-12-17(2-4-18-5-3-17)11-21-15(23)8-13-10-25-16(22-13)14-9-19-6-7-20-14/h6-7,9-10,18H,2-5,8,11-12H2,1H3,(H,21,23). The minimum atomic E-state index is -0.00925. The largest absolute Gasteiger partial charge is 0.384 e. The first-order chi connectivity index (χ1) is 12.2. The molecule has 0 saturated carbocycles. The van der Waals surface area contributed by atoms with Crippen molar-refractivity contribution in [1.29, 1.82) is 0 Å². The van der Waals surface area contributed by atoms with Gasteiger partial charge in [-0.25, -0.2) is 4.98 Å². The van der Waals surface area contributed by atoms with E-state index in [4.69, 9.17) is 4.74 Å². The number of hydrogen-bond donors (Lipinski definition) is 2. The lowest BCUT2D eigenvalue weighted by Crippen LogP contribution is -2.47. The highest BCUT2D eigenvalue weighted by Gasteiger charge is 2.32. The molecule has 8 heteroatoms. The lowest BCUT2D eigenvalue weighted by Gasteiger charge is -2.37. The zero-order chi connectivity index (χ0) is 17.5. The van der Waals surface area contributed by atoms with Crippen LogP contribution in [0.3, 0.4) is 0 Å². The topological polar surface area (TPSA) is 89.0 Å². The summed E-state index contributed by atoms with van der Waals surface area (Å²) >= 11 is 1.48. The Kier molecular flexibility index (Phi) is 6.06. The highest BCUT2D eigenvalue weighted by Crippen LogP contribution is 2.28. The van der Waals surface area contributed by atoms with Gasteiger partial charge in [-0.15, -0.1) is 11.3 Å². The van der Waals surface area contributed by atoms with E-state index < -0.39 is 0 Å². The third-order valence-corrected chi connectivity index (χ3v) is 5.36. The van der Waals surface area contributed by atoms with Crippen LogP contribution in [0.25, 0.3) is 10.7 Å². The molecule has 0 radical (unpaired) electrons. The summed E-state index contributed by atoms with van der Waals surface area (Å²) < 4.78 is 5.38. The molecule has 0 aromatic carbocycles. The van der Waals surface area contributed by atoms with Gasteiger partial charge in [0.2, 0.25) is 5.91 Å². The SMILES string of the molecule is COCC1(CNC(=O)Cc2csc(-c3cnccn3)n2)CCNCC1. The number of methoxy groups -OCH3 is 1. The maximum atomic E-state index is 12.3. The van der Waals surface area contributed by atoms with Crippen LogP contribution in [-0.2, 0) is 16.0 Å². The highest BCUT2D eigenvalue weighted by atomic mass is 32.1. The van der Waals surface area contributed by atoms with Gasteiger partial charge in [0, 0.05) is 36.8 Å². The Labute approximate surface area is 151 Å². The Morgan fingerprint density at radius 1 is 1.40 bits per heavy atom. The first-order valence-corrected chi connectivity index (χ1v) is 9.26. The van der Waals surface area contributed by atoms with E-state index in [-0.39, 0.29) is 17.7 Å². The van der Waals surface area contributed by atoms with Crippen molar-refractivity contribution >= 4 is 17.2 Å². The van der Waals surface area contributed by atoms with Gasteiger partial charge in [0.1, 0.15) is 10.7 Å². The molecular formula is C17H23N5O2S. The van der Waals surface area contributed by atoms with Gasteiger partial charge in [-0.2, -0.15) is 0 Å². The number of ether oxygens (including phenoxy) is 1. The Balaban J connectivity index is 1.55. The number of amides is 1. The van der Waals surface area contributed by atoms with Gasteiger partial charge in [-0.05, 0) is 25.9 Å². The fourth-order valence-corrected chi connectivity index (χ4v) is 3.84. The molecule has 25 heavy (non-hydrogen) atoms. The number of aromatic nitrogens is 3. The number of carbonyl (C=O) groups is 1. The van der Waals surface area contributed by atoms with Crippen LogP contribution in [0.1, 0.15) is 18.5 Å². The molecule has 2 N–H and O–H groups in total. The third-order valence-electron chi connectivity index (χ3n) is 4.45. The van der Waals surface area contributed by atoms with Crippen molar-refractivity contribution in [3.8, 4) is 10.7 Å². The van der Waals surface area contributed by atoms with Crippen molar-refractivity contribution in [2.75, 3.05) is 33.4 Å². The Bertz CT molecular complexity index is 680. The molecule has 0 spiro atoms. The summed E-state index contributed by atoms with van der Waals surface area (Å²) in [5, 5.41) is 9.11. The first-order valence-electron chi connectivity index (χ1n) is 8.38. The molecule has 1 amide bonds. The number of carbonyl (C=O) groups excluding carboxylic acids is 1. The molecule has 134 valence electrons. The summed E-state index contributed by atoms with van der Waals surface area (Å²) in [5.41, 5.74) is 1.52. The van der Waals surface area contributed by atoms with E-state index in [1.54, 1.807) is 25.7 Å². The van der Waals surface area contributed by atoms with Crippen molar-refractivity contribution in [2.45, 2.75) is 19.3 Å². The summed E-state index contributed by atoms with van der Waals surface area (Å²) in [6.07, 6.45) is 7.23. The average molecular weight is 361 g/mol. The van der Waals surface area contributed by atoms with Gasteiger partial charge >= 0.3 is 0 Å². The van der Waals surface area contributed by atoms with Crippen LogP contribution in [0.2, 0.25) is 0 Å². The van der Waals surface area contributed by atoms with Crippen molar-refractivity contribution in [3.63, 3.8) is 0 Å². The van der Waals surface area contributed by atoms with Gasteiger partial charge in [0.15, 0.2) is 0 Å². The second-order valence-corrected chi connectivity index (χ2v) is 7.23. The summed E-state index contributed by atoms with van der Waals surface area (Å²) in [5.74, 6) is -0.00925. The number of rotatable bonds is 7. The number of piperidine rings is 1. The van der Waals surface area contributed by atoms with Gasteiger partial charge in [-0.3, -0.25) is 14.8 Å². The molecule has 2 aromatic heterocycles. The van der Waals surface area contributed by atoms with Crippen molar-refractivity contribution in [3.05, 3.63) is 29.7 Å². The van der Waals surface area contributed by atoms with E-state index in [0.29, 0.717) is 13.2 Å². The average Bonchev–Trinajstić information content (AvgIpc) is 3.10. The zero-order valence-corrected chi connectivity index (χ0v) is 15.1. The fraction of sp³-hybridized carbons (Fsp3) is 0.529. The minimum Gasteiger partial charge on any atom is -0.384 e. The van der Waals surface area contributed by atoms with Gasteiger partial charge in [0.25, 0.3) is 0 Å². The van der Waals surface area contributed by atoms with Crippen LogP contribution in [0.5, 0.6) is 0 Å². The first kappa shape index (κ1) is 17.9. The molecule has 3 heterocycles. The summed E-state index contributed by atoms with van der Waals surface area (Å²) in [6.45, 7) is 3.24. The quantitative estimate of drug-likeness (QED) is 0.772. The molecule has 0 aliphatic carbocycles. The van der Waals surface area contributed by atoms with E-state index in [1.165, 1.54) is 11.3 Å². The molecule has 1 fully saturated rings. The number of nitrogens with one attached hydrogen (secondary N) is 2. The number of hydrogen-bond acceptors (Lipinski definition) is 7. The van der Waals surface area contributed by atoms with Crippen molar-refractivity contribution < 1.29 is 9.53 Å². The molecule has 0 unspecified atom stereocenters. The zero-order valence-electron chi connectivity index (χ0n) is 14.3. The van der Waals surface area contributed by atoms with Crippen LogP contribution in [0.15, 0.2) is 24.0 Å². The molecule has 7 nitrogen and oxygen atoms in total. The van der Waals surface area contributed by atoms with E-state index in [1.807, 2.05) is 5.38 Å². The Morgan fingerprint density at radius 3 is 2.96 bits per heavy atom. The van der Waals surface area contributed by atoms with Gasteiger partial charge < -0.3 is 15.4 Å². The maximum Gasteiger partial charge on any atom is 0.226 e. The third kappa shape index (κ3) is 4.81. The molecule has 3 rings (SSSR count). The molecule has 1 aliphatic heterocycles. The summed E-state index contributed by atoms with van der Waals surface area (Å²) in [6, 6.07) is 0. The second kappa shape index (κ2) is 8.46. The lowest BCUT2D eigenvalue weighted by molar-refractivity contribution is -0.121. The Morgan fingerprint density at radius 2 is 2.24 bits per heavy atom. The fourth-order valence-electron chi connectivity index (χ4n) is 3.06. The second-order valence-electron chi connectivity index (χ2n) is 6.37. The van der Waals surface area contributed by atoms with E-state index in [2.05, 4.69) is 25.6 Å². The normalized spacial score (nSPS) is 16.5. The molecule has 0 bridgehead atoms. The van der Waals surface area contributed by atoms with Gasteiger partial charge in [0.05, 0.1) is 24.9 Å². The number of nitrogens with zero attached hydrogens (tertiary/aromatic N) is 3. The molecular weight excluding hydrogens is 338 g/mol. The molecule has 2 aromatic rings. The van der Waals surface area contributed by atoms with Crippen LogP contribution >= 0.6 is 11.3 Å². The monoisotopic (exact) mass is 361 g/mol. The van der Waals surface area contributed by atoms with E-state index in [9.17, 15) is 4.79 Å². The van der Waals surface area contributed by atoms with E-state index in [0.717, 1.165) is 42.3 Å². The van der Waals surface area contributed by atoms with Crippen LogP contribution < -0.4 is 10.6 Å². The van der Waals surface area contributed by atoms with Crippen molar-refractivity contribution in [2.24, 2.45) is 5.41 Å². The molecule has 0 atom stereocenters.